The predicted molar refractivity (Wildman–Crippen MR) is 109 cm³/mol. The maximum Gasteiger partial charge on any atom is 0.348 e. The highest BCUT2D eigenvalue weighted by molar-refractivity contribution is 7.18. The lowest BCUT2D eigenvalue weighted by Crippen LogP contribution is -2.14. The van der Waals surface area contributed by atoms with E-state index in [1.165, 1.54) is 0 Å². The molecule has 1 N–H and O–H groups in total. The van der Waals surface area contributed by atoms with Crippen LogP contribution in [0.15, 0.2) is 30.3 Å². The fraction of sp³-hybridized carbons (Fsp3) is 0.381. The van der Waals surface area contributed by atoms with Gasteiger partial charge in [-0.15, -0.1) is 11.3 Å². The second kappa shape index (κ2) is 10.6. The maximum absolute atomic E-state index is 12.5. The molecule has 150 valence electrons. The molecule has 0 aliphatic rings. The summed E-state index contributed by atoms with van der Waals surface area (Å²) in [5, 5.41) is 3.04. The van der Waals surface area contributed by atoms with E-state index in [4.69, 9.17) is 9.47 Å². The molecule has 0 saturated carbocycles. The van der Waals surface area contributed by atoms with Crippen LogP contribution in [0.2, 0.25) is 0 Å². The van der Waals surface area contributed by atoms with Gasteiger partial charge in [0.15, 0.2) is 0 Å². The Kier molecular flexibility index (Phi) is 8.19. The molecule has 0 aliphatic carbocycles. The van der Waals surface area contributed by atoms with E-state index in [-0.39, 0.29) is 24.7 Å². The molecule has 0 saturated heterocycles. The summed E-state index contributed by atoms with van der Waals surface area (Å²) in [6.07, 6.45) is 1.61. The molecular formula is C21H25NO5S. The maximum atomic E-state index is 12.5. The van der Waals surface area contributed by atoms with E-state index in [1.807, 2.05) is 37.3 Å². The molecule has 0 radical (unpaired) electrons. The summed E-state index contributed by atoms with van der Waals surface area (Å²) in [7, 11) is 0. The van der Waals surface area contributed by atoms with Gasteiger partial charge in [-0.3, -0.25) is 4.79 Å². The third kappa shape index (κ3) is 5.66. The van der Waals surface area contributed by atoms with Gasteiger partial charge in [0.25, 0.3) is 0 Å². The van der Waals surface area contributed by atoms with Crippen molar-refractivity contribution in [2.45, 2.75) is 40.0 Å². The normalized spacial score (nSPS) is 10.4. The molecular weight excluding hydrogens is 378 g/mol. The lowest BCUT2D eigenvalue weighted by Gasteiger charge is -2.06. The van der Waals surface area contributed by atoms with Crippen molar-refractivity contribution >= 4 is 34.2 Å². The quantitative estimate of drug-likeness (QED) is 0.629. The largest absolute Gasteiger partial charge is 0.462 e. The number of carbonyl (C=O) groups excluding carboxylic acids is 3. The van der Waals surface area contributed by atoms with E-state index in [0.717, 1.165) is 16.9 Å². The summed E-state index contributed by atoms with van der Waals surface area (Å²) in [5.41, 5.74) is 1.74. The molecule has 2 aromatic rings. The Morgan fingerprint density at radius 3 is 2.39 bits per heavy atom. The molecule has 1 heterocycles. The number of esters is 2. The highest BCUT2D eigenvalue weighted by Gasteiger charge is 2.27. The minimum atomic E-state index is -0.564. The van der Waals surface area contributed by atoms with E-state index in [9.17, 15) is 14.4 Å². The first kappa shape index (κ1) is 21.6. The van der Waals surface area contributed by atoms with E-state index in [0.29, 0.717) is 34.7 Å². The summed E-state index contributed by atoms with van der Waals surface area (Å²) < 4.78 is 10.5. The number of benzene rings is 1. The number of nitrogens with one attached hydrogen (secondary N) is 1. The van der Waals surface area contributed by atoms with Gasteiger partial charge < -0.3 is 14.8 Å². The third-order valence-corrected chi connectivity index (χ3v) is 5.20. The van der Waals surface area contributed by atoms with E-state index >= 15 is 0 Å². The molecule has 0 fully saturated rings. The average Bonchev–Trinajstić information content (AvgIpc) is 2.99. The zero-order valence-electron chi connectivity index (χ0n) is 16.4. The predicted octanol–water partition coefficient (Wildman–Crippen LogP) is 4.37. The molecule has 7 heteroatoms. The van der Waals surface area contributed by atoms with E-state index < -0.39 is 11.9 Å². The van der Waals surface area contributed by atoms with Crippen molar-refractivity contribution in [3.63, 3.8) is 0 Å². The molecule has 1 aromatic carbocycles. The fourth-order valence-electron chi connectivity index (χ4n) is 2.63. The first-order valence-corrected chi connectivity index (χ1v) is 10.1. The number of thiophene rings is 1. The Balaban J connectivity index is 2.16. The van der Waals surface area contributed by atoms with Crippen molar-refractivity contribution in [2.75, 3.05) is 18.5 Å². The smallest absolute Gasteiger partial charge is 0.348 e. The van der Waals surface area contributed by atoms with Gasteiger partial charge in [0, 0.05) is 12.8 Å². The van der Waals surface area contributed by atoms with Crippen LogP contribution in [0.4, 0.5) is 5.00 Å². The van der Waals surface area contributed by atoms with Crippen LogP contribution >= 0.6 is 11.3 Å². The number of ether oxygens (including phenoxy) is 2. The van der Waals surface area contributed by atoms with Crippen molar-refractivity contribution in [3.8, 4) is 0 Å². The molecule has 0 atom stereocenters. The second-order valence-corrected chi connectivity index (χ2v) is 7.17. The number of rotatable bonds is 9. The number of hydrogen-bond donors (Lipinski definition) is 1. The van der Waals surface area contributed by atoms with Gasteiger partial charge in [-0.2, -0.15) is 0 Å². The SMILES string of the molecule is CCCC(=O)Nc1sc(C(=O)OCCc2ccccc2)c(C)c1C(=O)OCC. The van der Waals surface area contributed by atoms with Gasteiger partial charge in [-0.25, -0.2) is 9.59 Å². The minimum absolute atomic E-state index is 0.202. The molecule has 0 unspecified atom stereocenters. The zero-order chi connectivity index (χ0) is 20.5. The first-order chi connectivity index (χ1) is 13.5. The average molecular weight is 404 g/mol. The highest BCUT2D eigenvalue weighted by atomic mass is 32.1. The van der Waals surface area contributed by atoms with Crippen LogP contribution in [-0.2, 0) is 20.7 Å². The number of anilines is 1. The van der Waals surface area contributed by atoms with Gasteiger partial charge in [0.1, 0.15) is 9.88 Å². The zero-order valence-corrected chi connectivity index (χ0v) is 17.2. The summed E-state index contributed by atoms with van der Waals surface area (Å²) in [6, 6.07) is 9.71. The Bertz CT molecular complexity index is 829. The van der Waals surface area contributed by atoms with Crippen molar-refractivity contribution in [3.05, 3.63) is 51.9 Å². The van der Waals surface area contributed by atoms with Gasteiger partial charge in [-0.05, 0) is 31.4 Å². The van der Waals surface area contributed by atoms with Gasteiger partial charge in [0.2, 0.25) is 5.91 Å². The second-order valence-electron chi connectivity index (χ2n) is 6.15. The summed E-state index contributed by atoms with van der Waals surface area (Å²) in [5.74, 6) is -1.29. The molecule has 1 aromatic heterocycles. The van der Waals surface area contributed by atoms with Crippen LogP contribution in [0.3, 0.4) is 0 Å². The first-order valence-electron chi connectivity index (χ1n) is 9.29. The van der Waals surface area contributed by atoms with Crippen LogP contribution in [0.5, 0.6) is 0 Å². The number of carbonyl (C=O) groups is 3. The molecule has 0 bridgehead atoms. The van der Waals surface area contributed by atoms with Crippen LogP contribution in [0.25, 0.3) is 0 Å². The lowest BCUT2D eigenvalue weighted by molar-refractivity contribution is -0.116. The number of hydrogen-bond acceptors (Lipinski definition) is 6. The highest BCUT2D eigenvalue weighted by Crippen LogP contribution is 2.34. The lowest BCUT2D eigenvalue weighted by atomic mass is 10.1. The van der Waals surface area contributed by atoms with Crippen molar-refractivity contribution < 1.29 is 23.9 Å². The molecule has 28 heavy (non-hydrogen) atoms. The summed E-state index contributed by atoms with van der Waals surface area (Å²) in [6.45, 7) is 5.68. The molecule has 1 amide bonds. The van der Waals surface area contributed by atoms with Crippen LogP contribution in [0.1, 0.15) is 57.8 Å². The van der Waals surface area contributed by atoms with Crippen LogP contribution in [-0.4, -0.2) is 31.1 Å². The van der Waals surface area contributed by atoms with Crippen molar-refractivity contribution in [1.29, 1.82) is 0 Å². The topological polar surface area (TPSA) is 81.7 Å². The van der Waals surface area contributed by atoms with E-state index in [1.54, 1.807) is 13.8 Å². The van der Waals surface area contributed by atoms with E-state index in [2.05, 4.69) is 5.32 Å². The van der Waals surface area contributed by atoms with Gasteiger partial charge >= 0.3 is 11.9 Å². The number of amides is 1. The van der Waals surface area contributed by atoms with Crippen LogP contribution in [0, 0.1) is 6.92 Å². The Hall–Kier alpha value is -2.67. The Morgan fingerprint density at radius 1 is 1.04 bits per heavy atom. The molecule has 2 rings (SSSR count). The monoisotopic (exact) mass is 403 g/mol. The van der Waals surface area contributed by atoms with Gasteiger partial charge in [-0.1, -0.05) is 37.3 Å². The van der Waals surface area contributed by atoms with Crippen molar-refractivity contribution in [2.24, 2.45) is 0 Å². The summed E-state index contributed by atoms with van der Waals surface area (Å²) in [4.78, 5) is 37.2. The van der Waals surface area contributed by atoms with Crippen LogP contribution < -0.4 is 5.32 Å². The molecule has 0 spiro atoms. The minimum Gasteiger partial charge on any atom is -0.462 e. The summed E-state index contributed by atoms with van der Waals surface area (Å²) >= 11 is 1.04. The fourth-order valence-corrected chi connectivity index (χ4v) is 3.74. The molecule has 0 aliphatic heterocycles. The Morgan fingerprint density at radius 2 is 1.75 bits per heavy atom. The standard InChI is InChI=1S/C21H25NO5S/c1-4-9-16(23)22-19-17(20(24)26-5-2)14(3)18(28-19)21(25)27-13-12-15-10-7-6-8-11-15/h6-8,10-11H,4-5,9,12-13H2,1-3H3,(H,22,23). The Labute approximate surface area is 168 Å². The van der Waals surface area contributed by atoms with Crippen molar-refractivity contribution in [1.82, 2.24) is 0 Å². The van der Waals surface area contributed by atoms with Gasteiger partial charge in [0.05, 0.1) is 18.8 Å². The third-order valence-electron chi connectivity index (χ3n) is 4.01. The molecule has 6 nitrogen and oxygen atoms in total.